The van der Waals surface area contributed by atoms with Gasteiger partial charge in [-0.1, -0.05) is 71.9 Å². The number of carbonyl (C=O) groups excluding carboxylic acids is 1. The summed E-state index contributed by atoms with van der Waals surface area (Å²) in [6.45, 7) is 4.78. The minimum atomic E-state index is -0.116. The van der Waals surface area contributed by atoms with Crippen LogP contribution >= 0.6 is 0 Å². The number of hydrogen-bond donors (Lipinski definition) is 0. The molecular formula is C21H22N2O2. The summed E-state index contributed by atoms with van der Waals surface area (Å²) in [5.74, 6) is 0.0721. The molecule has 1 atom stereocenters. The van der Waals surface area contributed by atoms with E-state index < -0.39 is 0 Å². The summed E-state index contributed by atoms with van der Waals surface area (Å²) in [5.41, 5.74) is 3.01. The van der Waals surface area contributed by atoms with Crippen molar-refractivity contribution >= 4 is 11.6 Å². The van der Waals surface area contributed by atoms with Gasteiger partial charge in [-0.2, -0.15) is 0 Å². The van der Waals surface area contributed by atoms with Gasteiger partial charge in [0.2, 0.25) is 5.91 Å². The molecule has 4 nitrogen and oxygen atoms in total. The van der Waals surface area contributed by atoms with E-state index in [1.807, 2.05) is 60.7 Å². The lowest BCUT2D eigenvalue weighted by Gasteiger charge is -2.23. The Morgan fingerprint density at radius 2 is 1.84 bits per heavy atom. The van der Waals surface area contributed by atoms with Gasteiger partial charge < -0.3 is 9.74 Å². The average Bonchev–Trinajstić information content (AvgIpc) is 3.11. The van der Waals surface area contributed by atoms with Crippen molar-refractivity contribution in [3.05, 3.63) is 84.4 Å². The zero-order valence-electron chi connectivity index (χ0n) is 14.2. The Morgan fingerprint density at radius 3 is 2.52 bits per heavy atom. The number of hydrogen-bond acceptors (Lipinski definition) is 3. The number of carbonyl (C=O) groups is 1. The summed E-state index contributed by atoms with van der Waals surface area (Å²) in [7, 11) is 0. The Balaban J connectivity index is 1.59. The lowest BCUT2D eigenvalue weighted by Crippen LogP contribution is -2.38. The Labute approximate surface area is 148 Å². The molecule has 0 saturated heterocycles. The first-order chi connectivity index (χ1) is 12.3. The van der Waals surface area contributed by atoms with Crippen LogP contribution in [0, 0.1) is 0 Å². The molecule has 2 aromatic carbocycles. The molecule has 0 aromatic heterocycles. The lowest BCUT2D eigenvalue weighted by atomic mass is 10.0. The molecule has 0 saturated carbocycles. The van der Waals surface area contributed by atoms with Crippen molar-refractivity contribution in [2.45, 2.75) is 18.9 Å². The third-order valence-corrected chi connectivity index (χ3v) is 4.16. The molecule has 4 heteroatoms. The predicted molar refractivity (Wildman–Crippen MR) is 99.4 cm³/mol. The highest BCUT2D eigenvalue weighted by molar-refractivity contribution is 6.01. The van der Waals surface area contributed by atoms with Crippen LogP contribution in [0.3, 0.4) is 0 Å². The van der Waals surface area contributed by atoms with Crippen molar-refractivity contribution in [1.82, 2.24) is 4.90 Å². The van der Waals surface area contributed by atoms with Gasteiger partial charge in [-0.15, -0.1) is 6.58 Å². The van der Waals surface area contributed by atoms with Gasteiger partial charge in [0, 0.05) is 13.0 Å². The van der Waals surface area contributed by atoms with Crippen LogP contribution < -0.4 is 0 Å². The second kappa shape index (κ2) is 8.29. The number of nitrogens with zero attached hydrogens (tertiary/aromatic N) is 2. The molecule has 2 aromatic rings. The normalized spacial score (nSPS) is 16.0. The minimum Gasteiger partial charge on any atom is -0.390 e. The largest absolute Gasteiger partial charge is 0.390 e. The fourth-order valence-corrected chi connectivity index (χ4v) is 2.89. The van der Waals surface area contributed by atoms with Crippen LogP contribution in [0.15, 0.2) is 78.5 Å². The van der Waals surface area contributed by atoms with Crippen molar-refractivity contribution in [2.75, 3.05) is 13.1 Å². The van der Waals surface area contributed by atoms with Crippen molar-refractivity contribution < 1.29 is 9.63 Å². The van der Waals surface area contributed by atoms with E-state index in [1.54, 1.807) is 11.0 Å². The van der Waals surface area contributed by atoms with E-state index >= 15 is 0 Å². The SMILES string of the molecule is C=CCN(CC1CC(c2ccccc2)=NO1)C(=O)Cc1ccccc1. The first kappa shape index (κ1) is 17.0. The first-order valence-corrected chi connectivity index (χ1v) is 8.47. The van der Waals surface area contributed by atoms with Crippen LogP contribution in [0.4, 0.5) is 0 Å². The topological polar surface area (TPSA) is 41.9 Å². The van der Waals surface area contributed by atoms with Gasteiger partial charge in [-0.05, 0) is 11.1 Å². The zero-order chi connectivity index (χ0) is 17.5. The van der Waals surface area contributed by atoms with Gasteiger partial charge in [0.05, 0.1) is 18.7 Å². The van der Waals surface area contributed by atoms with Crippen molar-refractivity contribution in [3.8, 4) is 0 Å². The van der Waals surface area contributed by atoms with Gasteiger partial charge in [0.25, 0.3) is 0 Å². The molecular weight excluding hydrogens is 312 g/mol. The van der Waals surface area contributed by atoms with Crippen molar-refractivity contribution in [1.29, 1.82) is 0 Å². The van der Waals surface area contributed by atoms with E-state index in [0.717, 1.165) is 16.8 Å². The van der Waals surface area contributed by atoms with Gasteiger partial charge in [0.15, 0.2) is 6.10 Å². The molecule has 1 amide bonds. The molecule has 0 bridgehead atoms. The molecule has 1 aliphatic heterocycles. The molecule has 0 fully saturated rings. The van der Waals surface area contributed by atoms with Gasteiger partial charge in [-0.25, -0.2) is 0 Å². The molecule has 3 rings (SSSR count). The quantitative estimate of drug-likeness (QED) is 0.728. The van der Waals surface area contributed by atoms with Crippen LogP contribution in [0.5, 0.6) is 0 Å². The maximum atomic E-state index is 12.6. The Kier molecular flexibility index (Phi) is 5.62. The standard InChI is InChI=1S/C21H22N2O2/c1-2-13-23(21(24)14-17-9-5-3-6-10-17)16-19-15-20(22-25-19)18-11-7-4-8-12-18/h2-12,19H,1,13-16H2. The summed E-state index contributed by atoms with van der Waals surface area (Å²) in [6.07, 6.45) is 2.72. The van der Waals surface area contributed by atoms with E-state index in [9.17, 15) is 4.79 Å². The molecule has 0 spiro atoms. The second-order valence-electron chi connectivity index (χ2n) is 6.09. The third kappa shape index (κ3) is 4.57. The maximum Gasteiger partial charge on any atom is 0.227 e. The fourth-order valence-electron chi connectivity index (χ4n) is 2.89. The molecule has 128 valence electrons. The van der Waals surface area contributed by atoms with E-state index in [0.29, 0.717) is 25.9 Å². The van der Waals surface area contributed by atoms with E-state index in [1.165, 1.54) is 0 Å². The summed E-state index contributed by atoms with van der Waals surface area (Å²) in [6, 6.07) is 19.8. The molecule has 1 aliphatic rings. The fraction of sp³-hybridized carbons (Fsp3) is 0.238. The van der Waals surface area contributed by atoms with E-state index in [4.69, 9.17) is 4.84 Å². The third-order valence-electron chi connectivity index (χ3n) is 4.16. The smallest absolute Gasteiger partial charge is 0.227 e. The molecule has 1 unspecified atom stereocenters. The Morgan fingerprint density at radius 1 is 1.16 bits per heavy atom. The van der Waals surface area contributed by atoms with Crippen LogP contribution in [0.25, 0.3) is 0 Å². The summed E-state index contributed by atoms with van der Waals surface area (Å²) >= 11 is 0. The summed E-state index contributed by atoms with van der Waals surface area (Å²) in [4.78, 5) is 20.0. The highest BCUT2D eigenvalue weighted by atomic mass is 16.6. The summed E-state index contributed by atoms with van der Waals surface area (Å²) in [5, 5.41) is 4.20. The molecule has 0 N–H and O–H groups in total. The number of oxime groups is 1. The molecule has 0 aliphatic carbocycles. The lowest BCUT2D eigenvalue weighted by molar-refractivity contribution is -0.131. The number of rotatable bonds is 7. The van der Waals surface area contributed by atoms with Crippen LogP contribution in [0.2, 0.25) is 0 Å². The van der Waals surface area contributed by atoms with E-state index in [-0.39, 0.29) is 12.0 Å². The second-order valence-corrected chi connectivity index (χ2v) is 6.09. The van der Waals surface area contributed by atoms with Crippen LogP contribution in [-0.2, 0) is 16.1 Å². The number of amides is 1. The first-order valence-electron chi connectivity index (χ1n) is 8.47. The zero-order valence-corrected chi connectivity index (χ0v) is 14.2. The highest BCUT2D eigenvalue weighted by Crippen LogP contribution is 2.18. The minimum absolute atomic E-state index is 0.0721. The molecule has 1 heterocycles. The van der Waals surface area contributed by atoms with Gasteiger partial charge >= 0.3 is 0 Å². The predicted octanol–water partition coefficient (Wildman–Crippen LogP) is 3.44. The average molecular weight is 334 g/mol. The maximum absolute atomic E-state index is 12.6. The van der Waals surface area contributed by atoms with Crippen molar-refractivity contribution in [3.63, 3.8) is 0 Å². The van der Waals surface area contributed by atoms with E-state index in [2.05, 4.69) is 11.7 Å². The van der Waals surface area contributed by atoms with Gasteiger partial charge in [-0.3, -0.25) is 4.79 Å². The molecule has 0 radical (unpaired) electrons. The molecule has 25 heavy (non-hydrogen) atoms. The monoisotopic (exact) mass is 334 g/mol. The van der Waals surface area contributed by atoms with Crippen LogP contribution in [0.1, 0.15) is 17.5 Å². The number of benzene rings is 2. The van der Waals surface area contributed by atoms with Crippen LogP contribution in [-0.4, -0.2) is 35.7 Å². The highest BCUT2D eigenvalue weighted by Gasteiger charge is 2.26. The van der Waals surface area contributed by atoms with Gasteiger partial charge in [0.1, 0.15) is 0 Å². The Bertz CT molecular complexity index is 741. The Hall–Kier alpha value is -2.88. The summed E-state index contributed by atoms with van der Waals surface area (Å²) < 4.78 is 0. The van der Waals surface area contributed by atoms with Crippen molar-refractivity contribution in [2.24, 2.45) is 5.16 Å².